The van der Waals surface area contributed by atoms with E-state index in [4.69, 9.17) is 4.52 Å². The fourth-order valence-corrected chi connectivity index (χ4v) is 4.81. The average molecular weight is 469 g/mol. The van der Waals surface area contributed by atoms with Gasteiger partial charge in [0.15, 0.2) is 5.13 Å². The van der Waals surface area contributed by atoms with Crippen molar-refractivity contribution < 1.29 is 14.1 Å². The molecule has 1 saturated heterocycles. The highest BCUT2D eigenvalue weighted by Gasteiger charge is 2.35. The Morgan fingerprint density at radius 3 is 2.55 bits per heavy atom. The third-order valence-electron chi connectivity index (χ3n) is 5.44. The van der Waals surface area contributed by atoms with Crippen LogP contribution in [0, 0.1) is 13.8 Å². The SMILES string of the molecule is Cc1nc(-c2cccc(C(=O)NC3CN(C(=O)N(C)c4nc(C)c(C(C)(C)C)s4)C3)c2)no1. The number of likely N-dealkylation sites (tertiary alicyclic amines) is 1. The van der Waals surface area contributed by atoms with Crippen LogP contribution in [0.4, 0.5) is 9.93 Å². The third-order valence-corrected chi connectivity index (χ3v) is 7.10. The average Bonchev–Trinajstić information content (AvgIpc) is 3.35. The van der Waals surface area contributed by atoms with Crippen molar-refractivity contribution in [2.75, 3.05) is 25.0 Å². The highest BCUT2D eigenvalue weighted by Crippen LogP contribution is 2.35. The highest BCUT2D eigenvalue weighted by molar-refractivity contribution is 7.16. The van der Waals surface area contributed by atoms with E-state index in [-0.39, 0.29) is 23.4 Å². The number of nitrogens with one attached hydrogen (secondary N) is 1. The van der Waals surface area contributed by atoms with Gasteiger partial charge in [-0.3, -0.25) is 9.69 Å². The molecule has 1 aliphatic heterocycles. The maximum atomic E-state index is 12.9. The van der Waals surface area contributed by atoms with Gasteiger partial charge in [0.2, 0.25) is 11.7 Å². The zero-order valence-corrected chi connectivity index (χ0v) is 20.5. The largest absolute Gasteiger partial charge is 0.346 e. The van der Waals surface area contributed by atoms with Gasteiger partial charge in [-0.05, 0) is 24.5 Å². The van der Waals surface area contributed by atoms with E-state index in [1.165, 1.54) is 4.88 Å². The number of rotatable bonds is 4. The molecular weight excluding hydrogens is 440 g/mol. The van der Waals surface area contributed by atoms with Crippen LogP contribution in [-0.2, 0) is 5.41 Å². The summed E-state index contributed by atoms with van der Waals surface area (Å²) >= 11 is 1.55. The zero-order valence-electron chi connectivity index (χ0n) is 19.7. The topological polar surface area (TPSA) is 104 Å². The second kappa shape index (κ2) is 8.58. The van der Waals surface area contributed by atoms with Crippen molar-refractivity contribution in [3.8, 4) is 11.4 Å². The van der Waals surface area contributed by atoms with Gasteiger partial charge in [0.1, 0.15) is 0 Å². The third kappa shape index (κ3) is 4.75. The summed E-state index contributed by atoms with van der Waals surface area (Å²) in [5, 5.41) is 7.56. The number of aromatic nitrogens is 3. The first-order chi connectivity index (χ1) is 15.5. The molecule has 4 rings (SSSR count). The quantitative estimate of drug-likeness (QED) is 0.625. The van der Waals surface area contributed by atoms with Crippen LogP contribution in [0.3, 0.4) is 0 Å². The van der Waals surface area contributed by atoms with Crippen LogP contribution in [0.25, 0.3) is 11.4 Å². The number of aryl methyl sites for hydroxylation is 2. The number of urea groups is 1. The minimum absolute atomic E-state index is 0.0180. The van der Waals surface area contributed by atoms with Crippen LogP contribution in [-0.4, -0.2) is 58.1 Å². The summed E-state index contributed by atoms with van der Waals surface area (Å²) in [5.74, 6) is 0.706. The number of benzene rings is 1. The summed E-state index contributed by atoms with van der Waals surface area (Å²) < 4.78 is 5.01. The molecule has 0 atom stereocenters. The molecular formula is C23H28N6O3S. The lowest BCUT2D eigenvalue weighted by Crippen LogP contribution is -2.63. The first-order valence-electron chi connectivity index (χ1n) is 10.7. The number of carbonyl (C=O) groups excluding carboxylic acids is 2. The van der Waals surface area contributed by atoms with Crippen molar-refractivity contribution in [2.45, 2.75) is 46.1 Å². The van der Waals surface area contributed by atoms with E-state index in [1.807, 2.05) is 13.0 Å². The Morgan fingerprint density at radius 2 is 1.94 bits per heavy atom. The Morgan fingerprint density at radius 1 is 1.21 bits per heavy atom. The Hall–Kier alpha value is -3.27. The normalized spacial score (nSPS) is 14.2. The number of amides is 3. The molecule has 9 nitrogen and oxygen atoms in total. The van der Waals surface area contributed by atoms with Crippen molar-refractivity contribution in [2.24, 2.45) is 0 Å². The smallest absolute Gasteiger partial charge is 0.326 e. The first kappa shape index (κ1) is 22.9. The maximum Gasteiger partial charge on any atom is 0.326 e. The molecule has 0 radical (unpaired) electrons. The summed E-state index contributed by atoms with van der Waals surface area (Å²) in [6.07, 6.45) is 0. The zero-order chi connectivity index (χ0) is 23.9. The second-order valence-electron chi connectivity index (χ2n) is 9.30. The van der Waals surface area contributed by atoms with Gasteiger partial charge in [0, 0.05) is 43.1 Å². The summed E-state index contributed by atoms with van der Waals surface area (Å²) in [6, 6.07) is 6.85. The van der Waals surface area contributed by atoms with Crippen LogP contribution >= 0.6 is 11.3 Å². The van der Waals surface area contributed by atoms with E-state index in [9.17, 15) is 9.59 Å². The van der Waals surface area contributed by atoms with Gasteiger partial charge in [-0.2, -0.15) is 4.98 Å². The van der Waals surface area contributed by atoms with Crippen LogP contribution in [0.2, 0.25) is 0 Å². The van der Waals surface area contributed by atoms with Gasteiger partial charge in [-0.1, -0.05) is 38.1 Å². The first-order valence-corrected chi connectivity index (χ1v) is 11.6. The molecule has 0 saturated carbocycles. The molecule has 3 heterocycles. The lowest BCUT2D eigenvalue weighted by Gasteiger charge is -2.40. The summed E-state index contributed by atoms with van der Waals surface area (Å²) in [4.78, 5) is 38.8. The predicted octanol–water partition coefficient (Wildman–Crippen LogP) is 3.78. The standard InChI is InChI=1S/C23H28N6O3S/c1-13-18(23(3,4)5)33-21(24-13)28(6)22(31)29-11-17(12-29)26-20(30)16-9-7-8-15(10-16)19-25-14(2)32-27-19/h7-10,17H,11-12H2,1-6H3,(H,26,30). The molecule has 0 spiro atoms. The summed E-state index contributed by atoms with van der Waals surface area (Å²) in [7, 11) is 1.74. The molecule has 0 unspecified atom stereocenters. The van der Waals surface area contributed by atoms with E-state index >= 15 is 0 Å². The van der Waals surface area contributed by atoms with E-state index < -0.39 is 0 Å². The molecule has 174 valence electrons. The molecule has 1 fully saturated rings. The molecule has 10 heteroatoms. The lowest BCUT2D eigenvalue weighted by atomic mass is 9.94. The summed E-state index contributed by atoms with van der Waals surface area (Å²) in [5.41, 5.74) is 2.15. The van der Waals surface area contributed by atoms with E-state index in [1.54, 1.807) is 53.3 Å². The van der Waals surface area contributed by atoms with Crippen molar-refractivity contribution in [1.29, 1.82) is 0 Å². The maximum absolute atomic E-state index is 12.9. The van der Waals surface area contributed by atoms with Crippen molar-refractivity contribution >= 4 is 28.4 Å². The number of nitrogens with zero attached hydrogens (tertiary/aromatic N) is 5. The van der Waals surface area contributed by atoms with Gasteiger partial charge < -0.3 is 14.7 Å². The molecule has 0 aliphatic carbocycles. The minimum atomic E-state index is -0.201. The molecule has 2 aromatic heterocycles. The second-order valence-corrected chi connectivity index (χ2v) is 10.3. The Labute approximate surface area is 196 Å². The van der Waals surface area contributed by atoms with Gasteiger partial charge in [-0.25, -0.2) is 9.78 Å². The van der Waals surface area contributed by atoms with Crippen molar-refractivity contribution in [3.05, 3.63) is 46.3 Å². The molecule has 3 amide bonds. The van der Waals surface area contributed by atoms with Gasteiger partial charge in [-0.15, -0.1) is 11.3 Å². The van der Waals surface area contributed by atoms with Crippen molar-refractivity contribution in [1.82, 2.24) is 25.3 Å². The number of anilines is 1. The number of thiazole rings is 1. The van der Waals surface area contributed by atoms with E-state index in [2.05, 4.69) is 41.2 Å². The van der Waals surface area contributed by atoms with Crippen LogP contribution in [0.5, 0.6) is 0 Å². The molecule has 1 N–H and O–H groups in total. The van der Waals surface area contributed by atoms with Crippen LogP contribution in [0.15, 0.2) is 28.8 Å². The van der Waals surface area contributed by atoms with E-state index in [0.717, 1.165) is 5.69 Å². The molecule has 3 aromatic rings. The number of hydrogen-bond donors (Lipinski definition) is 1. The van der Waals surface area contributed by atoms with Crippen molar-refractivity contribution in [3.63, 3.8) is 0 Å². The number of hydrogen-bond acceptors (Lipinski definition) is 7. The Balaban J connectivity index is 1.34. The molecule has 0 bridgehead atoms. The van der Waals surface area contributed by atoms with Crippen LogP contribution < -0.4 is 10.2 Å². The Bertz CT molecular complexity index is 1190. The molecule has 1 aliphatic rings. The molecule has 33 heavy (non-hydrogen) atoms. The fourth-order valence-electron chi connectivity index (χ4n) is 3.73. The van der Waals surface area contributed by atoms with Gasteiger partial charge in [0.25, 0.3) is 5.91 Å². The Kier molecular flexibility index (Phi) is 5.96. The highest BCUT2D eigenvalue weighted by atomic mass is 32.1. The molecule has 1 aromatic carbocycles. The van der Waals surface area contributed by atoms with Gasteiger partial charge >= 0.3 is 6.03 Å². The van der Waals surface area contributed by atoms with Crippen LogP contribution in [0.1, 0.15) is 47.6 Å². The fraction of sp³-hybridized carbons (Fsp3) is 0.435. The van der Waals surface area contributed by atoms with E-state index in [0.29, 0.717) is 41.1 Å². The summed E-state index contributed by atoms with van der Waals surface area (Å²) in [6.45, 7) is 11.0. The van der Waals surface area contributed by atoms with Gasteiger partial charge in [0.05, 0.1) is 11.7 Å². The monoisotopic (exact) mass is 468 g/mol. The minimum Gasteiger partial charge on any atom is -0.346 e. The lowest BCUT2D eigenvalue weighted by molar-refractivity contribution is 0.0860. The predicted molar refractivity (Wildman–Crippen MR) is 127 cm³/mol. The number of carbonyl (C=O) groups is 2.